The second kappa shape index (κ2) is 14.6. The van der Waals surface area contributed by atoms with Gasteiger partial charge in [-0.2, -0.15) is 0 Å². The average molecular weight is 489 g/mol. The summed E-state index contributed by atoms with van der Waals surface area (Å²) in [6.45, 7) is 2.91. The van der Waals surface area contributed by atoms with Crippen LogP contribution in [-0.4, -0.2) is 51.0 Å². The zero-order valence-corrected chi connectivity index (χ0v) is 20.8. The van der Waals surface area contributed by atoms with Gasteiger partial charge in [-0.1, -0.05) is 72.8 Å². The quantitative estimate of drug-likeness (QED) is 0.237. The van der Waals surface area contributed by atoms with Crippen molar-refractivity contribution in [3.8, 4) is 5.75 Å². The SMILES string of the molecule is OCCC(=C(c1ccccc1)c1ccc(OCCOCCOC2CCCCO2)cc1)c1ccccc1. The Balaban J connectivity index is 1.37. The van der Waals surface area contributed by atoms with E-state index in [9.17, 15) is 5.11 Å². The van der Waals surface area contributed by atoms with E-state index in [4.69, 9.17) is 18.9 Å². The number of aliphatic hydroxyl groups is 1. The molecule has 1 unspecified atom stereocenters. The molecule has 5 heteroatoms. The highest BCUT2D eigenvalue weighted by atomic mass is 16.7. The molecule has 36 heavy (non-hydrogen) atoms. The third-order valence-electron chi connectivity index (χ3n) is 6.16. The molecule has 0 aromatic heterocycles. The van der Waals surface area contributed by atoms with Crippen molar-refractivity contribution in [3.05, 3.63) is 102 Å². The van der Waals surface area contributed by atoms with E-state index in [2.05, 4.69) is 36.4 Å². The predicted octanol–water partition coefficient (Wildman–Crippen LogP) is 5.97. The molecular formula is C31H36O5. The maximum Gasteiger partial charge on any atom is 0.157 e. The third kappa shape index (κ3) is 7.77. The Morgan fingerprint density at radius 3 is 2.08 bits per heavy atom. The van der Waals surface area contributed by atoms with Crippen LogP contribution in [0.25, 0.3) is 11.1 Å². The van der Waals surface area contributed by atoms with Crippen molar-refractivity contribution >= 4 is 11.1 Å². The van der Waals surface area contributed by atoms with Gasteiger partial charge in [-0.15, -0.1) is 0 Å². The summed E-state index contributed by atoms with van der Waals surface area (Å²) in [4.78, 5) is 0. The molecule has 0 bridgehead atoms. The van der Waals surface area contributed by atoms with Crippen LogP contribution < -0.4 is 4.74 Å². The van der Waals surface area contributed by atoms with Crippen molar-refractivity contribution in [1.82, 2.24) is 0 Å². The molecule has 1 heterocycles. The summed E-state index contributed by atoms with van der Waals surface area (Å²) >= 11 is 0. The molecule has 1 atom stereocenters. The van der Waals surface area contributed by atoms with E-state index in [1.807, 2.05) is 48.5 Å². The van der Waals surface area contributed by atoms with Gasteiger partial charge in [-0.3, -0.25) is 0 Å². The minimum Gasteiger partial charge on any atom is -0.491 e. The number of aliphatic hydroxyl groups excluding tert-OH is 1. The molecule has 0 spiro atoms. The van der Waals surface area contributed by atoms with Gasteiger partial charge in [0.05, 0.1) is 19.8 Å². The Bertz CT molecular complexity index is 1040. The summed E-state index contributed by atoms with van der Waals surface area (Å²) in [5.41, 5.74) is 5.55. The molecular weight excluding hydrogens is 452 g/mol. The monoisotopic (exact) mass is 488 g/mol. The molecule has 1 aliphatic heterocycles. The lowest BCUT2D eigenvalue weighted by atomic mass is 9.88. The molecule has 0 radical (unpaired) electrons. The Labute approximate surface area is 214 Å². The van der Waals surface area contributed by atoms with Crippen molar-refractivity contribution in [3.63, 3.8) is 0 Å². The van der Waals surface area contributed by atoms with E-state index in [0.717, 1.165) is 59.5 Å². The first kappa shape index (κ1) is 26.1. The molecule has 1 N–H and O–H groups in total. The fraction of sp³-hybridized carbons (Fsp3) is 0.355. The van der Waals surface area contributed by atoms with Crippen LogP contribution in [0.4, 0.5) is 0 Å². The summed E-state index contributed by atoms with van der Waals surface area (Å²) in [6, 6.07) is 28.7. The van der Waals surface area contributed by atoms with Crippen molar-refractivity contribution in [2.45, 2.75) is 32.0 Å². The number of hydrogen-bond acceptors (Lipinski definition) is 5. The van der Waals surface area contributed by atoms with E-state index in [-0.39, 0.29) is 12.9 Å². The number of ether oxygens (including phenoxy) is 4. The van der Waals surface area contributed by atoms with Gasteiger partial charge < -0.3 is 24.1 Å². The van der Waals surface area contributed by atoms with Crippen LogP contribution in [0.1, 0.15) is 42.4 Å². The fourth-order valence-electron chi connectivity index (χ4n) is 4.40. The lowest BCUT2D eigenvalue weighted by Gasteiger charge is -2.22. The maximum atomic E-state index is 9.85. The second-order valence-corrected chi connectivity index (χ2v) is 8.71. The molecule has 1 saturated heterocycles. The summed E-state index contributed by atoms with van der Waals surface area (Å²) in [7, 11) is 0. The van der Waals surface area contributed by atoms with E-state index in [0.29, 0.717) is 32.8 Å². The van der Waals surface area contributed by atoms with E-state index in [1.165, 1.54) is 0 Å². The van der Waals surface area contributed by atoms with Crippen molar-refractivity contribution in [1.29, 1.82) is 0 Å². The second-order valence-electron chi connectivity index (χ2n) is 8.71. The highest BCUT2D eigenvalue weighted by molar-refractivity contribution is 5.98. The Hall–Kier alpha value is -2.96. The first-order valence-electron chi connectivity index (χ1n) is 12.8. The number of benzene rings is 3. The van der Waals surface area contributed by atoms with Crippen LogP contribution in [0, 0.1) is 0 Å². The zero-order valence-electron chi connectivity index (χ0n) is 20.8. The molecule has 4 rings (SSSR count). The molecule has 0 amide bonds. The van der Waals surface area contributed by atoms with Gasteiger partial charge >= 0.3 is 0 Å². The summed E-state index contributed by atoms with van der Waals surface area (Å²) in [5, 5.41) is 9.85. The summed E-state index contributed by atoms with van der Waals surface area (Å²) < 4.78 is 22.8. The van der Waals surface area contributed by atoms with Gasteiger partial charge in [0.1, 0.15) is 12.4 Å². The molecule has 0 saturated carbocycles. The van der Waals surface area contributed by atoms with Crippen LogP contribution in [0.5, 0.6) is 5.75 Å². The van der Waals surface area contributed by atoms with E-state index in [1.54, 1.807) is 0 Å². The first-order valence-corrected chi connectivity index (χ1v) is 12.8. The van der Waals surface area contributed by atoms with Crippen LogP contribution in [0.15, 0.2) is 84.9 Å². The van der Waals surface area contributed by atoms with Gasteiger partial charge in [-0.25, -0.2) is 0 Å². The van der Waals surface area contributed by atoms with Gasteiger partial charge in [0, 0.05) is 13.2 Å². The Kier molecular flexibility index (Phi) is 10.6. The minimum absolute atomic E-state index is 0.0771. The predicted molar refractivity (Wildman–Crippen MR) is 143 cm³/mol. The molecule has 3 aromatic carbocycles. The molecule has 190 valence electrons. The van der Waals surface area contributed by atoms with Gasteiger partial charge in [0.2, 0.25) is 0 Å². The standard InChI is InChI=1S/C31H36O5/c32-19-18-29(25-9-3-1-4-10-25)31(26-11-5-2-6-12-26)27-14-16-28(17-15-27)34-23-21-33-22-24-36-30-13-7-8-20-35-30/h1-6,9-12,14-17,30,32H,7-8,13,18-24H2. The maximum absolute atomic E-state index is 9.85. The molecule has 1 fully saturated rings. The third-order valence-corrected chi connectivity index (χ3v) is 6.16. The van der Waals surface area contributed by atoms with Crippen molar-refractivity contribution in [2.24, 2.45) is 0 Å². The Morgan fingerprint density at radius 2 is 1.42 bits per heavy atom. The summed E-state index contributed by atoms with van der Waals surface area (Å²) in [5.74, 6) is 0.796. The normalized spacial score (nSPS) is 16.4. The number of rotatable bonds is 13. The molecule has 0 aliphatic carbocycles. The smallest absolute Gasteiger partial charge is 0.157 e. The van der Waals surface area contributed by atoms with E-state index < -0.39 is 0 Å². The van der Waals surface area contributed by atoms with E-state index >= 15 is 0 Å². The Morgan fingerprint density at radius 1 is 0.750 bits per heavy atom. The van der Waals surface area contributed by atoms with Gasteiger partial charge in [-0.05, 0) is 65.7 Å². The van der Waals surface area contributed by atoms with Crippen LogP contribution in [0.3, 0.4) is 0 Å². The lowest BCUT2D eigenvalue weighted by Crippen LogP contribution is -2.24. The first-order chi connectivity index (χ1) is 17.8. The largest absolute Gasteiger partial charge is 0.491 e. The summed E-state index contributed by atoms with van der Waals surface area (Å²) in [6.07, 6.45) is 3.74. The molecule has 5 nitrogen and oxygen atoms in total. The van der Waals surface area contributed by atoms with Gasteiger partial charge in [0.25, 0.3) is 0 Å². The minimum atomic E-state index is -0.0771. The van der Waals surface area contributed by atoms with Crippen molar-refractivity contribution < 1.29 is 24.1 Å². The van der Waals surface area contributed by atoms with Crippen molar-refractivity contribution in [2.75, 3.05) is 39.6 Å². The van der Waals surface area contributed by atoms with Crippen LogP contribution >= 0.6 is 0 Å². The lowest BCUT2D eigenvalue weighted by molar-refractivity contribution is -0.169. The van der Waals surface area contributed by atoms with Crippen LogP contribution in [-0.2, 0) is 14.2 Å². The van der Waals surface area contributed by atoms with Gasteiger partial charge in [0.15, 0.2) is 6.29 Å². The molecule has 3 aromatic rings. The number of hydrogen-bond donors (Lipinski definition) is 1. The fourth-order valence-corrected chi connectivity index (χ4v) is 4.40. The zero-order chi connectivity index (χ0) is 24.8. The molecule has 1 aliphatic rings. The highest BCUT2D eigenvalue weighted by Gasteiger charge is 2.15. The highest BCUT2D eigenvalue weighted by Crippen LogP contribution is 2.34. The average Bonchev–Trinajstić information content (AvgIpc) is 2.94. The topological polar surface area (TPSA) is 57.2 Å². The van der Waals surface area contributed by atoms with Crippen LogP contribution in [0.2, 0.25) is 0 Å².